The van der Waals surface area contributed by atoms with Gasteiger partial charge in [0, 0.05) is 30.9 Å². The Morgan fingerprint density at radius 1 is 1.52 bits per heavy atom. The summed E-state index contributed by atoms with van der Waals surface area (Å²) in [7, 11) is 0. The van der Waals surface area contributed by atoms with Gasteiger partial charge in [-0.25, -0.2) is 0 Å². The number of piperidine rings is 1. The first kappa shape index (κ1) is 16.0. The van der Waals surface area contributed by atoms with E-state index in [1.807, 2.05) is 6.92 Å². The van der Waals surface area contributed by atoms with Crippen LogP contribution in [-0.2, 0) is 0 Å². The van der Waals surface area contributed by atoms with Crippen molar-refractivity contribution in [1.29, 1.82) is 0 Å². The van der Waals surface area contributed by atoms with Gasteiger partial charge in [0.1, 0.15) is 5.02 Å². The van der Waals surface area contributed by atoms with E-state index in [2.05, 4.69) is 17.1 Å². The molecule has 0 radical (unpaired) electrons. The third-order valence-electron chi connectivity index (χ3n) is 3.95. The molecule has 5 nitrogen and oxygen atoms in total. The van der Waals surface area contributed by atoms with Gasteiger partial charge in [0.2, 0.25) is 0 Å². The number of halogens is 1. The third-order valence-corrected chi connectivity index (χ3v) is 4.25. The summed E-state index contributed by atoms with van der Waals surface area (Å²) < 4.78 is 0. The Morgan fingerprint density at radius 3 is 2.86 bits per heavy atom. The summed E-state index contributed by atoms with van der Waals surface area (Å²) in [5.74, 6) is 0. The molecule has 1 atom stereocenters. The van der Waals surface area contributed by atoms with Gasteiger partial charge in [0.25, 0.3) is 5.69 Å². The molecule has 6 heteroatoms. The Labute approximate surface area is 130 Å². The van der Waals surface area contributed by atoms with E-state index < -0.39 is 4.92 Å². The van der Waals surface area contributed by atoms with Crippen LogP contribution in [0.5, 0.6) is 0 Å². The molecule has 1 N–H and O–H groups in total. The normalized spacial score (nSPS) is 18.5. The van der Waals surface area contributed by atoms with Crippen molar-refractivity contribution in [3.05, 3.63) is 32.8 Å². The third kappa shape index (κ3) is 3.66. The second-order valence-corrected chi connectivity index (χ2v) is 5.95. The van der Waals surface area contributed by atoms with E-state index in [4.69, 9.17) is 11.6 Å². The van der Waals surface area contributed by atoms with Crippen LogP contribution in [0.1, 0.15) is 31.7 Å². The summed E-state index contributed by atoms with van der Waals surface area (Å²) in [6, 6.07) is 3.76. The number of nitro benzene ring substituents is 1. The monoisotopic (exact) mass is 311 g/mol. The average molecular weight is 312 g/mol. The van der Waals surface area contributed by atoms with Crippen LogP contribution in [0.2, 0.25) is 5.02 Å². The fourth-order valence-electron chi connectivity index (χ4n) is 2.95. The molecule has 2 rings (SSSR count). The number of hydrogen-bond acceptors (Lipinski definition) is 4. The molecule has 0 amide bonds. The molecule has 1 saturated heterocycles. The minimum absolute atomic E-state index is 0.0175. The highest BCUT2D eigenvalue weighted by Crippen LogP contribution is 2.34. The molecule has 0 aliphatic carbocycles. The summed E-state index contributed by atoms with van der Waals surface area (Å²) >= 11 is 6.10. The Kier molecular flexibility index (Phi) is 5.42. The van der Waals surface area contributed by atoms with Crippen LogP contribution in [0.25, 0.3) is 0 Å². The van der Waals surface area contributed by atoms with Crippen molar-refractivity contribution in [2.75, 3.05) is 24.5 Å². The summed E-state index contributed by atoms with van der Waals surface area (Å²) in [6.07, 6.45) is 3.33. The molecule has 0 saturated carbocycles. The van der Waals surface area contributed by atoms with E-state index in [1.54, 1.807) is 12.1 Å². The Morgan fingerprint density at radius 2 is 2.29 bits per heavy atom. The second-order valence-electron chi connectivity index (χ2n) is 5.54. The largest absolute Gasteiger partial charge is 0.367 e. The van der Waals surface area contributed by atoms with E-state index in [9.17, 15) is 10.1 Å². The molecule has 1 aromatic carbocycles. The number of nitrogens with one attached hydrogen (secondary N) is 1. The summed E-state index contributed by atoms with van der Waals surface area (Å²) in [4.78, 5) is 12.9. The van der Waals surface area contributed by atoms with E-state index in [1.165, 1.54) is 0 Å². The Bertz CT molecular complexity index is 516. The lowest BCUT2D eigenvalue weighted by Crippen LogP contribution is -2.46. The number of nitro groups is 1. The van der Waals surface area contributed by atoms with Gasteiger partial charge < -0.3 is 10.2 Å². The van der Waals surface area contributed by atoms with Crippen LogP contribution in [-0.4, -0.2) is 30.6 Å². The van der Waals surface area contributed by atoms with Crippen molar-refractivity contribution in [2.24, 2.45) is 0 Å². The first-order valence-corrected chi connectivity index (χ1v) is 7.84. The van der Waals surface area contributed by atoms with Crippen molar-refractivity contribution in [2.45, 2.75) is 39.2 Å². The Hall–Kier alpha value is -1.33. The SMILES string of the molecule is CCCN(c1cc(Cl)c([N+](=O)[O-])cc1C)C1CCCNC1. The van der Waals surface area contributed by atoms with Gasteiger partial charge in [-0.3, -0.25) is 10.1 Å². The molecule has 116 valence electrons. The highest BCUT2D eigenvalue weighted by atomic mass is 35.5. The van der Waals surface area contributed by atoms with E-state index >= 15 is 0 Å². The molecule has 1 aliphatic rings. The maximum Gasteiger partial charge on any atom is 0.288 e. The molecule has 1 aromatic rings. The first-order valence-electron chi connectivity index (χ1n) is 7.46. The van der Waals surface area contributed by atoms with Gasteiger partial charge in [0.15, 0.2) is 0 Å². The van der Waals surface area contributed by atoms with Crippen molar-refractivity contribution < 1.29 is 4.92 Å². The summed E-state index contributed by atoms with van der Waals surface area (Å²) in [5, 5.41) is 14.6. The summed E-state index contributed by atoms with van der Waals surface area (Å²) in [5.41, 5.74) is 1.91. The fourth-order valence-corrected chi connectivity index (χ4v) is 3.17. The predicted octanol–water partition coefficient (Wildman–Crippen LogP) is 3.53. The van der Waals surface area contributed by atoms with Crippen molar-refractivity contribution in [1.82, 2.24) is 5.32 Å². The van der Waals surface area contributed by atoms with Gasteiger partial charge >= 0.3 is 0 Å². The van der Waals surface area contributed by atoms with Gasteiger partial charge in [-0.05, 0) is 44.4 Å². The molecule has 0 spiro atoms. The smallest absolute Gasteiger partial charge is 0.288 e. The molecule has 0 bridgehead atoms. The second kappa shape index (κ2) is 7.09. The molecule has 1 unspecified atom stereocenters. The molecular weight excluding hydrogens is 290 g/mol. The minimum atomic E-state index is -0.425. The number of hydrogen-bond donors (Lipinski definition) is 1. The fraction of sp³-hybridized carbons (Fsp3) is 0.600. The zero-order valence-corrected chi connectivity index (χ0v) is 13.3. The van der Waals surface area contributed by atoms with Crippen LogP contribution >= 0.6 is 11.6 Å². The standard InChI is InChI=1S/C15H22ClN3O2/c1-3-7-18(12-5-4-6-17-10-12)14-9-13(16)15(19(20)21)8-11(14)2/h8-9,12,17H,3-7,10H2,1-2H3. The average Bonchev–Trinajstić information content (AvgIpc) is 2.47. The van der Waals surface area contributed by atoms with Crippen molar-refractivity contribution in [3.63, 3.8) is 0 Å². The van der Waals surface area contributed by atoms with Crippen LogP contribution in [0, 0.1) is 17.0 Å². The molecule has 1 aliphatic heterocycles. The van der Waals surface area contributed by atoms with Gasteiger partial charge in [0.05, 0.1) is 4.92 Å². The van der Waals surface area contributed by atoms with Crippen LogP contribution in [0.4, 0.5) is 11.4 Å². The van der Waals surface area contributed by atoms with Gasteiger partial charge in [-0.2, -0.15) is 0 Å². The first-order chi connectivity index (χ1) is 10.0. The maximum absolute atomic E-state index is 11.0. The number of anilines is 1. The molecule has 0 aromatic heterocycles. The predicted molar refractivity (Wildman–Crippen MR) is 86.4 cm³/mol. The lowest BCUT2D eigenvalue weighted by Gasteiger charge is -2.37. The van der Waals surface area contributed by atoms with Crippen LogP contribution in [0.15, 0.2) is 12.1 Å². The minimum Gasteiger partial charge on any atom is -0.367 e. The summed E-state index contributed by atoms with van der Waals surface area (Å²) in [6.45, 7) is 7.01. The van der Waals surface area contributed by atoms with E-state index in [0.717, 1.165) is 50.1 Å². The number of aryl methyl sites for hydroxylation is 1. The van der Waals surface area contributed by atoms with Gasteiger partial charge in [-0.15, -0.1) is 0 Å². The zero-order valence-electron chi connectivity index (χ0n) is 12.6. The van der Waals surface area contributed by atoms with Gasteiger partial charge in [-0.1, -0.05) is 18.5 Å². The van der Waals surface area contributed by atoms with E-state index in [0.29, 0.717) is 6.04 Å². The van der Waals surface area contributed by atoms with Crippen molar-refractivity contribution >= 4 is 23.0 Å². The zero-order chi connectivity index (χ0) is 15.4. The Balaban J connectivity index is 2.35. The highest BCUT2D eigenvalue weighted by molar-refractivity contribution is 6.33. The highest BCUT2D eigenvalue weighted by Gasteiger charge is 2.24. The van der Waals surface area contributed by atoms with Crippen LogP contribution in [0.3, 0.4) is 0 Å². The number of benzene rings is 1. The van der Waals surface area contributed by atoms with Crippen LogP contribution < -0.4 is 10.2 Å². The maximum atomic E-state index is 11.0. The quantitative estimate of drug-likeness (QED) is 0.667. The number of rotatable bonds is 5. The molecule has 21 heavy (non-hydrogen) atoms. The number of nitrogens with zero attached hydrogens (tertiary/aromatic N) is 2. The molecular formula is C15H22ClN3O2. The topological polar surface area (TPSA) is 58.4 Å². The van der Waals surface area contributed by atoms with E-state index in [-0.39, 0.29) is 10.7 Å². The lowest BCUT2D eigenvalue weighted by atomic mass is 10.0. The molecule has 1 fully saturated rings. The van der Waals surface area contributed by atoms with Crippen molar-refractivity contribution in [3.8, 4) is 0 Å². The molecule has 1 heterocycles. The lowest BCUT2D eigenvalue weighted by molar-refractivity contribution is -0.384.